The summed E-state index contributed by atoms with van der Waals surface area (Å²) in [6.07, 6.45) is 0.877. The fourth-order valence-electron chi connectivity index (χ4n) is 2.56. The second-order valence-corrected chi connectivity index (χ2v) is 6.31. The Kier molecular flexibility index (Phi) is 5.19. The Hall–Kier alpha value is -2.59. The number of hydrogen-bond donors (Lipinski definition) is 1. The molecule has 1 amide bonds. The van der Waals surface area contributed by atoms with Gasteiger partial charge in [-0.3, -0.25) is 4.79 Å². The van der Waals surface area contributed by atoms with Gasteiger partial charge in [0.15, 0.2) is 0 Å². The van der Waals surface area contributed by atoms with Crippen molar-refractivity contribution < 1.29 is 4.79 Å². The topological polar surface area (TPSA) is 46.9 Å². The largest absolute Gasteiger partial charge is 0.351 e. The third-order valence-electron chi connectivity index (χ3n) is 3.91. The van der Waals surface area contributed by atoms with Gasteiger partial charge in [-0.05, 0) is 37.6 Å². The summed E-state index contributed by atoms with van der Waals surface area (Å²) in [6, 6.07) is 17.2. The molecular formula is C20H20ClN3O. The Bertz CT molecular complexity index is 884. The Morgan fingerprint density at radius 1 is 1.16 bits per heavy atom. The summed E-state index contributed by atoms with van der Waals surface area (Å²) in [4.78, 5) is 12.6. The van der Waals surface area contributed by atoms with Crippen molar-refractivity contribution in [3.05, 3.63) is 70.9 Å². The Balaban J connectivity index is 2.09. The Labute approximate surface area is 152 Å². The molecule has 0 aliphatic heterocycles. The average Bonchev–Trinajstić information content (AvgIpc) is 3.06. The standard InChI is InChI=1S/C20H20ClN3O/c1-3-12-22-20(25)19-13-18(16-6-4-5-7-17(16)21)23-24(19)15-10-8-14(2)9-11-15/h4-11,13H,3,12H2,1-2H3,(H,22,25). The van der Waals surface area contributed by atoms with Crippen LogP contribution in [0.3, 0.4) is 0 Å². The Morgan fingerprint density at radius 3 is 2.56 bits per heavy atom. The van der Waals surface area contributed by atoms with E-state index in [4.69, 9.17) is 11.6 Å². The first kappa shape index (κ1) is 17.2. The molecule has 25 heavy (non-hydrogen) atoms. The minimum absolute atomic E-state index is 0.145. The highest BCUT2D eigenvalue weighted by molar-refractivity contribution is 6.33. The highest BCUT2D eigenvalue weighted by Crippen LogP contribution is 2.28. The number of amides is 1. The fraction of sp³-hybridized carbons (Fsp3) is 0.200. The Morgan fingerprint density at radius 2 is 1.88 bits per heavy atom. The maximum Gasteiger partial charge on any atom is 0.270 e. The summed E-state index contributed by atoms with van der Waals surface area (Å²) in [5, 5.41) is 8.17. The van der Waals surface area contributed by atoms with Crippen molar-refractivity contribution in [2.24, 2.45) is 0 Å². The van der Waals surface area contributed by atoms with E-state index in [1.807, 2.05) is 62.4 Å². The molecule has 0 unspecified atom stereocenters. The first-order chi connectivity index (χ1) is 12.1. The number of nitrogens with zero attached hydrogens (tertiary/aromatic N) is 2. The third-order valence-corrected chi connectivity index (χ3v) is 4.24. The van der Waals surface area contributed by atoms with Crippen molar-refractivity contribution in [1.82, 2.24) is 15.1 Å². The van der Waals surface area contributed by atoms with Gasteiger partial charge in [-0.1, -0.05) is 54.4 Å². The molecule has 3 aromatic rings. The summed E-state index contributed by atoms with van der Waals surface area (Å²) in [6.45, 7) is 4.67. The van der Waals surface area contributed by atoms with E-state index in [0.29, 0.717) is 23.0 Å². The van der Waals surface area contributed by atoms with Crippen LogP contribution < -0.4 is 5.32 Å². The summed E-state index contributed by atoms with van der Waals surface area (Å²) >= 11 is 6.30. The summed E-state index contributed by atoms with van der Waals surface area (Å²) in [5.74, 6) is -0.145. The number of aryl methyl sites for hydroxylation is 1. The third kappa shape index (κ3) is 3.74. The van der Waals surface area contributed by atoms with Gasteiger partial charge in [0.1, 0.15) is 5.69 Å². The van der Waals surface area contributed by atoms with Gasteiger partial charge in [0.25, 0.3) is 5.91 Å². The van der Waals surface area contributed by atoms with E-state index in [1.54, 1.807) is 10.7 Å². The van der Waals surface area contributed by atoms with Gasteiger partial charge in [-0.2, -0.15) is 5.10 Å². The van der Waals surface area contributed by atoms with Crippen LogP contribution in [-0.4, -0.2) is 22.2 Å². The van der Waals surface area contributed by atoms with Crippen LogP contribution in [0, 0.1) is 6.92 Å². The molecule has 3 rings (SSSR count). The van der Waals surface area contributed by atoms with Crippen molar-refractivity contribution in [1.29, 1.82) is 0 Å². The van der Waals surface area contributed by atoms with Gasteiger partial charge in [-0.15, -0.1) is 0 Å². The first-order valence-electron chi connectivity index (χ1n) is 8.30. The number of carbonyl (C=O) groups excluding carboxylic acids is 1. The molecule has 0 atom stereocenters. The monoisotopic (exact) mass is 353 g/mol. The lowest BCUT2D eigenvalue weighted by Crippen LogP contribution is -2.26. The second kappa shape index (κ2) is 7.53. The van der Waals surface area contributed by atoms with E-state index < -0.39 is 0 Å². The minimum atomic E-state index is -0.145. The number of hydrogen-bond acceptors (Lipinski definition) is 2. The molecule has 0 spiro atoms. The maximum atomic E-state index is 12.6. The first-order valence-corrected chi connectivity index (χ1v) is 8.68. The smallest absolute Gasteiger partial charge is 0.270 e. The number of rotatable bonds is 5. The second-order valence-electron chi connectivity index (χ2n) is 5.90. The number of halogens is 1. The zero-order valence-corrected chi connectivity index (χ0v) is 15.0. The van der Waals surface area contributed by atoms with E-state index in [1.165, 1.54) is 0 Å². The van der Waals surface area contributed by atoms with E-state index in [-0.39, 0.29) is 5.91 Å². The number of aromatic nitrogens is 2. The van der Waals surface area contributed by atoms with Crippen LogP contribution in [0.2, 0.25) is 5.02 Å². The molecule has 0 saturated carbocycles. The SMILES string of the molecule is CCCNC(=O)c1cc(-c2ccccc2Cl)nn1-c1ccc(C)cc1. The van der Waals surface area contributed by atoms with Gasteiger partial charge in [-0.25, -0.2) is 4.68 Å². The van der Waals surface area contributed by atoms with Crippen molar-refractivity contribution >= 4 is 17.5 Å². The molecular weight excluding hydrogens is 334 g/mol. The molecule has 1 N–H and O–H groups in total. The van der Waals surface area contributed by atoms with E-state index in [2.05, 4.69) is 10.4 Å². The predicted molar refractivity (Wildman–Crippen MR) is 101 cm³/mol. The van der Waals surface area contributed by atoms with Crippen molar-refractivity contribution in [3.8, 4) is 16.9 Å². The van der Waals surface area contributed by atoms with Gasteiger partial charge in [0.05, 0.1) is 16.4 Å². The van der Waals surface area contributed by atoms with E-state index >= 15 is 0 Å². The lowest BCUT2D eigenvalue weighted by molar-refractivity contribution is 0.0946. The van der Waals surface area contributed by atoms with Gasteiger partial charge in [0.2, 0.25) is 0 Å². The fourth-order valence-corrected chi connectivity index (χ4v) is 2.79. The number of carbonyl (C=O) groups is 1. The van der Waals surface area contributed by atoms with Crippen molar-refractivity contribution in [3.63, 3.8) is 0 Å². The molecule has 0 radical (unpaired) electrons. The highest BCUT2D eigenvalue weighted by Gasteiger charge is 2.18. The van der Waals surface area contributed by atoms with Crippen LogP contribution in [0.5, 0.6) is 0 Å². The maximum absolute atomic E-state index is 12.6. The minimum Gasteiger partial charge on any atom is -0.351 e. The summed E-state index contributed by atoms with van der Waals surface area (Å²) in [7, 11) is 0. The molecule has 0 bridgehead atoms. The van der Waals surface area contributed by atoms with Gasteiger partial charge >= 0.3 is 0 Å². The molecule has 128 valence electrons. The highest BCUT2D eigenvalue weighted by atomic mass is 35.5. The lowest BCUT2D eigenvalue weighted by Gasteiger charge is -2.08. The molecule has 0 fully saturated rings. The normalized spacial score (nSPS) is 10.7. The van der Waals surface area contributed by atoms with Crippen LogP contribution in [0.15, 0.2) is 54.6 Å². The number of benzene rings is 2. The molecule has 5 heteroatoms. The predicted octanol–water partition coefficient (Wildman–Crippen LogP) is 4.64. The van der Waals surface area contributed by atoms with Crippen LogP contribution in [0.4, 0.5) is 0 Å². The molecule has 4 nitrogen and oxygen atoms in total. The van der Waals surface area contributed by atoms with Gasteiger partial charge < -0.3 is 5.32 Å². The molecule has 2 aromatic carbocycles. The molecule has 0 aliphatic rings. The lowest BCUT2D eigenvalue weighted by atomic mass is 10.1. The van der Waals surface area contributed by atoms with Crippen LogP contribution >= 0.6 is 11.6 Å². The zero-order valence-electron chi connectivity index (χ0n) is 14.3. The van der Waals surface area contributed by atoms with Crippen molar-refractivity contribution in [2.45, 2.75) is 20.3 Å². The zero-order chi connectivity index (χ0) is 17.8. The van der Waals surface area contributed by atoms with Gasteiger partial charge in [0, 0.05) is 12.1 Å². The van der Waals surface area contributed by atoms with E-state index in [9.17, 15) is 4.79 Å². The summed E-state index contributed by atoms with van der Waals surface area (Å²) in [5.41, 5.74) is 3.96. The van der Waals surface area contributed by atoms with Crippen LogP contribution in [0.1, 0.15) is 29.4 Å². The van der Waals surface area contributed by atoms with Crippen LogP contribution in [-0.2, 0) is 0 Å². The molecule has 0 saturated heterocycles. The van der Waals surface area contributed by atoms with E-state index in [0.717, 1.165) is 23.2 Å². The molecule has 0 aliphatic carbocycles. The average molecular weight is 354 g/mol. The van der Waals surface area contributed by atoms with Crippen LogP contribution in [0.25, 0.3) is 16.9 Å². The summed E-state index contributed by atoms with van der Waals surface area (Å²) < 4.78 is 1.67. The van der Waals surface area contributed by atoms with Crippen molar-refractivity contribution in [2.75, 3.05) is 6.54 Å². The quantitative estimate of drug-likeness (QED) is 0.726. The molecule has 1 heterocycles. The molecule has 1 aromatic heterocycles. The number of nitrogens with one attached hydrogen (secondary N) is 1.